The molecule has 6 heteroatoms. The van der Waals surface area contributed by atoms with E-state index in [1.165, 1.54) is 0 Å². The molecule has 2 aromatic rings. The molecule has 3 rings (SSSR count). The Morgan fingerprint density at radius 1 is 1.20 bits per heavy atom. The lowest BCUT2D eigenvalue weighted by atomic mass is 10.2. The first-order chi connectivity index (χ1) is 9.67. The van der Waals surface area contributed by atoms with Crippen LogP contribution in [0.4, 0.5) is 0 Å². The van der Waals surface area contributed by atoms with Crippen molar-refractivity contribution in [3.63, 3.8) is 0 Å². The Morgan fingerprint density at radius 3 is 2.65 bits per heavy atom. The van der Waals surface area contributed by atoms with Crippen molar-refractivity contribution >= 4 is 18.0 Å². The monoisotopic (exact) mass is 272 g/mol. The summed E-state index contributed by atoms with van der Waals surface area (Å²) in [6, 6.07) is 3.65. The quantitative estimate of drug-likeness (QED) is 0.750. The fourth-order valence-corrected chi connectivity index (χ4v) is 2.46. The first-order valence-corrected chi connectivity index (χ1v) is 6.61. The number of carbonyl (C=O) groups excluding carboxylic acids is 2. The van der Waals surface area contributed by atoms with Gasteiger partial charge in [0.05, 0.1) is 11.3 Å². The van der Waals surface area contributed by atoms with Gasteiger partial charge in [0.25, 0.3) is 5.91 Å². The highest BCUT2D eigenvalue weighted by atomic mass is 16.2. The SMILES string of the molecule is Cc1cn2cc(C(=O)N3CCN(C=O)CC3)ccc2n1. The number of hydrogen-bond donors (Lipinski definition) is 0. The van der Waals surface area contributed by atoms with E-state index < -0.39 is 0 Å². The Hall–Kier alpha value is -2.37. The standard InChI is InChI=1S/C14H16N4O2/c1-11-8-18-9-12(2-3-13(18)15-11)14(20)17-6-4-16(10-19)5-7-17/h2-3,8-10H,4-7H2,1H3. The van der Waals surface area contributed by atoms with E-state index in [1.807, 2.05) is 29.8 Å². The summed E-state index contributed by atoms with van der Waals surface area (Å²) in [5.74, 6) is 0.00352. The van der Waals surface area contributed by atoms with Crippen LogP contribution < -0.4 is 0 Å². The van der Waals surface area contributed by atoms with Crippen LogP contribution in [0.3, 0.4) is 0 Å². The molecule has 0 aliphatic carbocycles. The van der Waals surface area contributed by atoms with E-state index in [1.54, 1.807) is 15.9 Å². The molecule has 104 valence electrons. The smallest absolute Gasteiger partial charge is 0.255 e. The van der Waals surface area contributed by atoms with Crippen LogP contribution in [0.15, 0.2) is 24.5 Å². The highest BCUT2D eigenvalue weighted by Crippen LogP contribution is 2.11. The van der Waals surface area contributed by atoms with E-state index in [4.69, 9.17) is 0 Å². The van der Waals surface area contributed by atoms with Gasteiger partial charge in [-0.25, -0.2) is 4.98 Å². The number of imidazole rings is 1. The van der Waals surface area contributed by atoms with Gasteiger partial charge in [0.1, 0.15) is 5.65 Å². The summed E-state index contributed by atoms with van der Waals surface area (Å²) in [5, 5.41) is 0. The van der Waals surface area contributed by atoms with Gasteiger partial charge in [0, 0.05) is 38.6 Å². The number of carbonyl (C=O) groups is 2. The van der Waals surface area contributed by atoms with Crippen LogP contribution >= 0.6 is 0 Å². The zero-order valence-electron chi connectivity index (χ0n) is 11.3. The van der Waals surface area contributed by atoms with Crippen LogP contribution in [0.5, 0.6) is 0 Å². The maximum atomic E-state index is 12.4. The number of amides is 2. The summed E-state index contributed by atoms with van der Waals surface area (Å²) in [4.78, 5) is 30.9. The van der Waals surface area contributed by atoms with Gasteiger partial charge in [-0.15, -0.1) is 0 Å². The van der Waals surface area contributed by atoms with Gasteiger partial charge in [-0.2, -0.15) is 0 Å². The second-order valence-corrected chi connectivity index (χ2v) is 5.00. The number of aromatic nitrogens is 2. The Bertz CT molecular complexity index is 656. The zero-order valence-corrected chi connectivity index (χ0v) is 11.3. The molecule has 1 saturated heterocycles. The van der Waals surface area contributed by atoms with E-state index in [0.717, 1.165) is 17.8 Å². The molecule has 1 aliphatic heterocycles. The van der Waals surface area contributed by atoms with Gasteiger partial charge in [0.2, 0.25) is 6.41 Å². The van der Waals surface area contributed by atoms with Crippen molar-refractivity contribution in [2.45, 2.75) is 6.92 Å². The molecule has 2 amide bonds. The molecule has 0 bridgehead atoms. The molecule has 1 aliphatic rings. The minimum atomic E-state index is 0.00352. The molecule has 3 heterocycles. The minimum Gasteiger partial charge on any atom is -0.342 e. The molecule has 0 unspecified atom stereocenters. The zero-order chi connectivity index (χ0) is 14.1. The van der Waals surface area contributed by atoms with Crippen LogP contribution in [0, 0.1) is 6.92 Å². The van der Waals surface area contributed by atoms with Crippen molar-refractivity contribution in [1.29, 1.82) is 0 Å². The van der Waals surface area contributed by atoms with E-state index in [9.17, 15) is 9.59 Å². The number of pyridine rings is 1. The van der Waals surface area contributed by atoms with Gasteiger partial charge >= 0.3 is 0 Å². The van der Waals surface area contributed by atoms with E-state index in [-0.39, 0.29) is 5.91 Å². The molecule has 20 heavy (non-hydrogen) atoms. The van der Waals surface area contributed by atoms with Crippen LogP contribution in [0.2, 0.25) is 0 Å². The van der Waals surface area contributed by atoms with Gasteiger partial charge in [-0.1, -0.05) is 0 Å². The molecule has 0 spiro atoms. The Labute approximate surface area is 116 Å². The summed E-state index contributed by atoms with van der Waals surface area (Å²) in [6.07, 6.45) is 4.54. The van der Waals surface area contributed by atoms with Crippen LogP contribution in [0.25, 0.3) is 5.65 Å². The number of fused-ring (bicyclic) bond motifs is 1. The number of nitrogens with zero attached hydrogens (tertiary/aromatic N) is 4. The van der Waals surface area contributed by atoms with Gasteiger partial charge in [0.15, 0.2) is 0 Å². The van der Waals surface area contributed by atoms with Crippen molar-refractivity contribution < 1.29 is 9.59 Å². The summed E-state index contributed by atoms with van der Waals surface area (Å²) in [6.45, 7) is 4.29. The van der Waals surface area contributed by atoms with Crippen molar-refractivity contribution in [2.75, 3.05) is 26.2 Å². The first kappa shape index (κ1) is 12.7. The summed E-state index contributed by atoms with van der Waals surface area (Å²) >= 11 is 0. The molecule has 0 N–H and O–H groups in total. The Morgan fingerprint density at radius 2 is 1.95 bits per heavy atom. The molecule has 2 aromatic heterocycles. The fourth-order valence-electron chi connectivity index (χ4n) is 2.46. The van der Waals surface area contributed by atoms with Crippen molar-refractivity contribution in [3.05, 3.63) is 35.8 Å². The Balaban J connectivity index is 1.80. The van der Waals surface area contributed by atoms with Crippen LogP contribution in [0.1, 0.15) is 16.1 Å². The lowest BCUT2D eigenvalue weighted by Crippen LogP contribution is -2.48. The fraction of sp³-hybridized carbons (Fsp3) is 0.357. The second-order valence-electron chi connectivity index (χ2n) is 5.00. The molecule has 0 radical (unpaired) electrons. The third-order valence-corrected chi connectivity index (χ3v) is 3.57. The predicted molar refractivity (Wildman–Crippen MR) is 73.5 cm³/mol. The number of rotatable bonds is 2. The maximum Gasteiger partial charge on any atom is 0.255 e. The van der Waals surface area contributed by atoms with Crippen molar-refractivity contribution in [1.82, 2.24) is 19.2 Å². The third-order valence-electron chi connectivity index (χ3n) is 3.57. The molecule has 6 nitrogen and oxygen atoms in total. The average molecular weight is 272 g/mol. The highest BCUT2D eigenvalue weighted by Gasteiger charge is 2.21. The minimum absolute atomic E-state index is 0.00352. The third kappa shape index (κ3) is 2.24. The molecule has 1 fully saturated rings. The van der Waals surface area contributed by atoms with Crippen molar-refractivity contribution in [2.24, 2.45) is 0 Å². The Kier molecular flexibility index (Phi) is 3.14. The number of piperazine rings is 1. The number of hydrogen-bond acceptors (Lipinski definition) is 3. The summed E-state index contributed by atoms with van der Waals surface area (Å²) in [7, 11) is 0. The normalized spacial score (nSPS) is 15.7. The molecular weight excluding hydrogens is 256 g/mol. The predicted octanol–water partition coefficient (Wildman–Crippen LogP) is 0.557. The van der Waals surface area contributed by atoms with Crippen LogP contribution in [-0.4, -0.2) is 57.7 Å². The van der Waals surface area contributed by atoms with E-state index >= 15 is 0 Å². The number of aryl methyl sites for hydroxylation is 1. The lowest BCUT2D eigenvalue weighted by Gasteiger charge is -2.32. The average Bonchev–Trinajstić information content (AvgIpc) is 2.85. The first-order valence-electron chi connectivity index (χ1n) is 6.61. The highest BCUT2D eigenvalue weighted by molar-refractivity contribution is 5.94. The lowest BCUT2D eigenvalue weighted by molar-refractivity contribution is -0.119. The molecular formula is C14H16N4O2. The second kappa shape index (κ2) is 4.96. The van der Waals surface area contributed by atoms with Gasteiger partial charge in [-0.05, 0) is 19.1 Å². The topological polar surface area (TPSA) is 57.9 Å². The summed E-state index contributed by atoms with van der Waals surface area (Å²) < 4.78 is 1.87. The summed E-state index contributed by atoms with van der Waals surface area (Å²) in [5.41, 5.74) is 2.41. The maximum absolute atomic E-state index is 12.4. The van der Waals surface area contributed by atoms with Crippen LogP contribution in [-0.2, 0) is 4.79 Å². The molecule has 0 aromatic carbocycles. The van der Waals surface area contributed by atoms with Crippen molar-refractivity contribution in [3.8, 4) is 0 Å². The largest absolute Gasteiger partial charge is 0.342 e. The molecule has 0 atom stereocenters. The van der Waals surface area contributed by atoms with Gasteiger partial charge in [-0.3, -0.25) is 9.59 Å². The van der Waals surface area contributed by atoms with E-state index in [2.05, 4.69) is 4.98 Å². The van der Waals surface area contributed by atoms with Gasteiger partial charge < -0.3 is 14.2 Å². The van der Waals surface area contributed by atoms with E-state index in [0.29, 0.717) is 31.7 Å². The molecule has 0 saturated carbocycles.